The van der Waals surface area contributed by atoms with Gasteiger partial charge < -0.3 is 5.11 Å². The minimum atomic E-state index is -0.922. The lowest BCUT2D eigenvalue weighted by atomic mass is 9.47. The lowest BCUT2D eigenvalue weighted by molar-refractivity contribution is -0.146. The summed E-state index contributed by atoms with van der Waals surface area (Å²) in [7, 11) is 0. The van der Waals surface area contributed by atoms with Crippen molar-refractivity contribution in [3.63, 3.8) is 0 Å². The van der Waals surface area contributed by atoms with Crippen molar-refractivity contribution in [3.8, 4) is 0 Å². The van der Waals surface area contributed by atoms with Crippen molar-refractivity contribution in [2.24, 2.45) is 28.1 Å². The van der Waals surface area contributed by atoms with Gasteiger partial charge in [-0.25, -0.2) is 0 Å². The molecule has 0 aromatic carbocycles. The highest BCUT2D eigenvalue weighted by Gasteiger charge is 2.65. The van der Waals surface area contributed by atoms with Crippen LogP contribution in [0.15, 0.2) is 24.0 Å². The summed E-state index contributed by atoms with van der Waals surface area (Å²) in [4.78, 5) is 38.9. The van der Waals surface area contributed by atoms with E-state index in [1.807, 2.05) is 20.8 Å². The molecule has 0 aromatic heterocycles. The number of allylic oxidation sites excluding steroid dienone is 3. The number of aliphatic hydroxyl groups is 1. The van der Waals surface area contributed by atoms with Gasteiger partial charge in [-0.2, -0.15) is 0 Å². The number of Topliss-reactive ketones (excluding diaryl/α,β-unsaturated/α-hetero) is 3. The number of carbonyl (C=O) groups excluding carboxylic acids is 3. The summed E-state index contributed by atoms with van der Waals surface area (Å²) in [5.74, 6) is -1.13. The van der Waals surface area contributed by atoms with Crippen LogP contribution in [0.4, 0.5) is 0 Å². The van der Waals surface area contributed by atoms with Gasteiger partial charge in [0.25, 0.3) is 0 Å². The van der Waals surface area contributed by atoms with E-state index in [4.69, 9.17) is 0 Å². The Morgan fingerprint density at radius 3 is 2.38 bits per heavy atom. The maximum atomic E-state index is 13.3. The molecule has 5 atom stereocenters. The van der Waals surface area contributed by atoms with Gasteiger partial charge in [0, 0.05) is 24.2 Å². The molecule has 2 bridgehead atoms. The second-order valence-electron chi connectivity index (χ2n) is 8.43. The highest BCUT2D eigenvalue weighted by atomic mass is 16.3. The molecular formula is C20H26O4. The van der Waals surface area contributed by atoms with Crippen LogP contribution < -0.4 is 0 Å². The third-order valence-corrected chi connectivity index (χ3v) is 7.35. The predicted molar refractivity (Wildman–Crippen MR) is 90.3 cm³/mol. The van der Waals surface area contributed by atoms with Gasteiger partial charge >= 0.3 is 0 Å². The van der Waals surface area contributed by atoms with Gasteiger partial charge in [-0.3, -0.25) is 14.4 Å². The summed E-state index contributed by atoms with van der Waals surface area (Å²) >= 11 is 0. The zero-order chi connectivity index (χ0) is 18.1. The highest BCUT2D eigenvalue weighted by Crippen LogP contribution is 2.65. The van der Waals surface area contributed by atoms with Crippen molar-refractivity contribution in [1.29, 1.82) is 0 Å². The number of ketones is 3. The minimum absolute atomic E-state index is 0.0237. The highest BCUT2D eigenvalue weighted by molar-refractivity contribution is 6.05. The summed E-state index contributed by atoms with van der Waals surface area (Å²) in [6, 6.07) is 0. The molecule has 3 rings (SSSR count). The van der Waals surface area contributed by atoms with Gasteiger partial charge in [0.15, 0.2) is 11.5 Å². The van der Waals surface area contributed by atoms with Crippen molar-refractivity contribution >= 4 is 17.3 Å². The summed E-state index contributed by atoms with van der Waals surface area (Å²) in [6.45, 7) is 11.3. The summed E-state index contributed by atoms with van der Waals surface area (Å²) in [5, 5.41) is 10.5. The van der Waals surface area contributed by atoms with Gasteiger partial charge in [0.1, 0.15) is 11.6 Å². The smallest absolute Gasteiger partial charge is 0.198 e. The van der Waals surface area contributed by atoms with Crippen molar-refractivity contribution < 1.29 is 19.5 Å². The monoisotopic (exact) mass is 330 g/mol. The fraction of sp³-hybridized carbons (Fsp3) is 0.650. The van der Waals surface area contributed by atoms with E-state index in [1.165, 1.54) is 0 Å². The van der Waals surface area contributed by atoms with Crippen LogP contribution in [0.3, 0.4) is 0 Å². The second-order valence-corrected chi connectivity index (χ2v) is 8.43. The first-order valence-electron chi connectivity index (χ1n) is 8.73. The first-order valence-corrected chi connectivity index (χ1v) is 8.73. The van der Waals surface area contributed by atoms with Gasteiger partial charge in [-0.15, -0.1) is 6.58 Å². The van der Waals surface area contributed by atoms with Gasteiger partial charge in [-0.05, 0) is 38.2 Å². The fourth-order valence-corrected chi connectivity index (χ4v) is 5.34. The van der Waals surface area contributed by atoms with E-state index in [9.17, 15) is 19.5 Å². The summed E-state index contributed by atoms with van der Waals surface area (Å²) < 4.78 is 0. The zero-order valence-corrected chi connectivity index (χ0v) is 14.9. The number of hydrogen-bond donors (Lipinski definition) is 1. The largest absolute Gasteiger partial charge is 0.504 e. The van der Waals surface area contributed by atoms with E-state index < -0.39 is 22.2 Å². The molecule has 0 heterocycles. The van der Waals surface area contributed by atoms with E-state index in [0.29, 0.717) is 12.0 Å². The van der Waals surface area contributed by atoms with E-state index in [0.717, 1.165) is 6.42 Å². The Morgan fingerprint density at radius 1 is 1.17 bits per heavy atom. The first kappa shape index (κ1) is 17.1. The molecule has 3 unspecified atom stereocenters. The van der Waals surface area contributed by atoms with Crippen molar-refractivity contribution in [1.82, 2.24) is 0 Å². The molecule has 4 nitrogen and oxygen atoms in total. The van der Waals surface area contributed by atoms with Crippen LogP contribution in [0.1, 0.15) is 53.4 Å². The Morgan fingerprint density at radius 2 is 1.79 bits per heavy atom. The Bertz CT molecular complexity index is 702. The minimum Gasteiger partial charge on any atom is -0.504 e. The van der Waals surface area contributed by atoms with Gasteiger partial charge in [0.2, 0.25) is 0 Å². The van der Waals surface area contributed by atoms with Crippen molar-refractivity contribution in [2.75, 3.05) is 0 Å². The lowest BCUT2D eigenvalue weighted by Gasteiger charge is -2.54. The van der Waals surface area contributed by atoms with Crippen LogP contribution in [0.5, 0.6) is 0 Å². The van der Waals surface area contributed by atoms with E-state index in [2.05, 4.69) is 6.58 Å². The maximum Gasteiger partial charge on any atom is 0.198 e. The van der Waals surface area contributed by atoms with Crippen molar-refractivity contribution in [2.45, 2.75) is 53.4 Å². The van der Waals surface area contributed by atoms with Crippen LogP contribution in [-0.2, 0) is 14.4 Å². The second kappa shape index (κ2) is 4.90. The molecule has 0 spiro atoms. The van der Waals surface area contributed by atoms with Crippen LogP contribution in [0.25, 0.3) is 0 Å². The van der Waals surface area contributed by atoms with E-state index in [1.54, 1.807) is 13.0 Å². The Balaban J connectivity index is 2.34. The normalized spacial score (nSPS) is 45.8. The summed E-state index contributed by atoms with van der Waals surface area (Å²) in [6.07, 6.45) is 3.21. The van der Waals surface area contributed by atoms with Gasteiger partial charge in [0.05, 0.1) is 10.8 Å². The van der Waals surface area contributed by atoms with Crippen LogP contribution in [-0.4, -0.2) is 22.5 Å². The third-order valence-electron chi connectivity index (χ3n) is 7.35. The Hall–Kier alpha value is -1.71. The average molecular weight is 330 g/mol. The standard InChI is InChI=1S/C20H26O4/c1-6-18(4)10-14(22)19(5)11(2)7-8-20(12(3)17(18)24)9-13(21)15(23)16(19)20/h6,11-12,23H,1,7-10H2,2-5H3/t11?,12-,18+,19?,20?/m0/s1. The van der Waals surface area contributed by atoms with E-state index in [-0.39, 0.29) is 41.9 Å². The molecule has 2 saturated carbocycles. The average Bonchev–Trinajstić information content (AvgIpc) is 2.81. The van der Waals surface area contributed by atoms with Crippen LogP contribution in [0.2, 0.25) is 0 Å². The quantitative estimate of drug-likeness (QED) is 0.746. The molecule has 0 aromatic rings. The molecule has 0 radical (unpaired) electrons. The molecule has 3 aliphatic carbocycles. The Kier molecular flexibility index (Phi) is 3.50. The van der Waals surface area contributed by atoms with Gasteiger partial charge in [-0.1, -0.05) is 19.9 Å². The zero-order valence-electron chi connectivity index (χ0n) is 14.9. The van der Waals surface area contributed by atoms with Crippen molar-refractivity contribution in [3.05, 3.63) is 24.0 Å². The molecule has 0 saturated heterocycles. The van der Waals surface area contributed by atoms with Crippen LogP contribution in [0, 0.1) is 28.1 Å². The fourth-order valence-electron chi connectivity index (χ4n) is 5.34. The topological polar surface area (TPSA) is 71.4 Å². The lowest BCUT2D eigenvalue weighted by Crippen LogP contribution is -2.55. The predicted octanol–water partition coefficient (Wildman–Crippen LogP) is 3.56. The van der Waals surface area contributed by atoms with Crippen LogP contribution >= 0.6 is 0 Å². The molecular weight excluding hydrogens is 304 g/mol. The number of carbonyl (C=O) groups is 3. The molecule has 4 heteroatoms. The number of rotatable bonds is 1. The molecule has 24 heavy (non-hydrogen) atoms. The first-order chi connectivity index (χ1) is 11.0. The SMILES string of the molecule is C=C[C@]1(C)CC(=O)C2(C)C3=C(O)C(=O)CC3(CCC2C)[C@@H](C)C1=O. The molecule has 0 aliphatic heterocycles. The molecule has 1 N–H and O–H groups in total. The third kappa shape index (κ3) is 1.77. The molecule has 3 aliphatic rings. The number of hydrogen-bond acceptors (Lipinski definition) is 4. The Labute approximate surface area is 143 Å². The summed E-state index contributed by atoms with van der Waals surface area (Å²) in [5.41, 5.74) is -2.00. The number of aliphatic hydroxyl groups excluding tert-OH is 1. The maximum absolute atomic E-state index is 13.3. The molecule has 0 amide bonds. The van der Waals surface area contributed by atoms with E-state index >= 15 is 0 Å². The molecule has 2 fully saturated rings. The molecule has 130 valence electrons.